The summed E-state index contributed by atoms with van der Waals surface area (Å²) in [6.45, 7) is 7.43. The molecule has 0 saturated carbocycles. The van der Waals surface area contributed by atoms with E-state index in [1.165, 1.54) is 12.1 Å². The molecule has 120 valence electrons. The van der Waals surface area contributed by atoms with E-state index in [4.69, 9.17) is 4.74 Å². The maximum absolute atomic E-state index is 13.8. The van der Waals surface area contributed by atoms with Crippen molar-refractivity contribution in [1.82, 2.24) is 10.0 Å². The standard InChI is InChI=1S/C14H23FN2O3S/c1-4-16-9-12-6-7-13(15)14(8-12)21(18,19)17-11(3)10-20-5-2/h6-8,11,16-17H,4-5,9-10H2,1-3H3. The molecule has 0 radical (unpaired) electrons. The molecule has 1 unspecified atom stereocenters. The average molecular weight is 318 g/mol. The van der Waals surface area contributed by atoms with Crippen molar-refractivity contribution >= 4 is 10.0 Å². The molecule has 5 nitrogen and oxygen atoms in total. The minimum atomic E-state index is -3.90. The molecule has 1 aromatic rings. The van der Waals surface area contributed by atoms with E-state index in [0.717, 1.165) is 12.1 Å². The first-order valence-corrected chi connectivity index (χ1v) is 8.48. The monoisotopic (exact) mass is 318 g/mol. The largest absolute Gasteiger partial charge is 0.380 e. The summed E-state index contributed by atoms with van der Waals surface area (Å²) >= 11 is 0. The van der Waals surface area contributed by atoms with E-state index >= 15 is 0 Å². The van der Waals surface area contributed by atoms with E-state index in [9.17, 15) is 12.8 Å². The Kier molecular flexibility index (Phi) is 7.24. The van der Waals surface area contributed by atoms with E-state index in [1.54, 1.807) is 13.0 Å². The van der Waals surface area contributed by atoms with Crippen LogP contribution in [-0.2, 0) is 21.3 Å². The smallest absolute Gasteiger partial charge is 0.243 e. The van der Waals surface area contributed by atoms with Crippen LogP contribution in [0.25, 0.3) is 0 Å². The molecule has 1 aromatic carbocycles. The van der Waals surface area contributed by atoms with Crippen molar-refractivity contribution in [1.29, 1.82) is 0 Å². The maximum atomic E-state index is 13.8. The van der Waals surface area contributed by atoms with Gasteiger partial charge >= 0.3 is 0 Å². The van der Waals surface area contributed by atoms with Crippen LogP contribution in [0.3, 0.4) is 0 Å². The third kappa shape index (κ3) is 5.70. The van der Waals surface area contributed by atoms with E-state index in [2.05, 4.69) is 10.0 Å². The van der Waals surface area contributed by atoms with Gasteiger partial charge in [0.25, 0.3) is 0 Å². The molecule has 0 aromatic heterocycles. The highest BCUT2D eigenvalue weighted by Gasteiger charge is 2.21. The van der Waals surface area contributed by atoms with Gasteiger partial charge in [-0.05, 0) is 38.1 Å². The number of rotatable bonds is 9. The van der Waals surface area contributed by atoms with Gasteiger partial charge in [-0.15, -0.1) is 0 Å². The summed E-state index contributed by atoms with van der Waals surface area (Å²) in [4.78, 5) is -0.332. The number of nitrogens with one attached hydrogen (secondary N) is 2. The maximum Gasteiger partial charge on any atom is 0.243 e. The number of benzene rings is 1. The Morgan fingerprint density at radius 1 is 1.33 bits per heavy atom. The summed E-state index contributed by atoms with van der Waals surface area (Å²) in [6, 6.07) is 3.68. The van der Waals surface area contributed by atoms with Crippen LogP contribution < -0.4 is 10.0 Å². The van der Waals surface area contributed by atoms with Gasteiger partial charge in [0.05, 0.1) is 6.61 Å². The van der Waals surface area contributed by atoms with Gasteiger partial charge in [-0.1, -0.05) is 13.0 Å². The zero-order valence-corrected chi connectivity index (χ0v) is 13.5. The molecule has 0 aliphatic rings. The topological polar surface area (TPSA) is 67.4 Å². The predicted molar refractivity (Wildman–Crippen MR) is 80.1 cm³/mol. The second-order valence-corrected chi connectivity index (χ2v) is 6.41. The molecule has 0 spiro atoms. The Labute approximate surface area is 125 Å². The second-order valence-electron chi connectivity index (χ2n) is 4.73. The lowest BCUT2D eigenvalue weighted by Gasteiger charge is -2.15. The third-order valence-corrected chi connectivity index (χ3v) is 4.40. The van der Waals surface area contributed by atoms with Crippen LogP contribution in [0, 0.1) is 5.82 Å². The van der Waals surface area contributed by atoms with E-state index < -0.39 is 21.9 Å². The zero-order chi connectivity index (χ0) is 15.9. The Bertz CT molecular complexity index is 549. The van der Waals surface area contributed by atoms with Gasteiger partial charge in [0, 0.05) is 19.2 Å². The quantitative estimate of drug-likeness (QED) is 0.726. The van der Waals surface area contributed by atoms with Gasteiger partial charge in [-0.25, -0.2) is 17.5 Å². The molecule has 0 amide bonds. The summed E-state index contributed by atoms with van der Waals surface area (Å²) in [5.74, 6) is -0.758. The van der Waals surface area contributed by atoms with Crippen LogP contribution in [0.1, 0.15) is 26.3 Å². The fourth-order valence-corrected chi connectivity index (χ4v) is 3.15. The Morgan fingerprint density at radius 3 is 2.67 bits per heavy atom. The number of halogens is 1. The summed E-state index contributed by atoms with van der Waals surface area (Å²) in [6.07, 6.45) is 0. The fourth-order valence-electron chi connectivity index (χ4n) is 1.79. The van der Waals surface area contributed by atoms with E-state index in [-0.39, 0.29) is 11.5 Å². The van der Waals surface area contributed by atoms with Crippen molar-refractivity contribution in [3.63, 3.8) is 0 Å². The number of ether oxygens (including phenoxy) is 1. The van der Waals surface area contributed by atoms with Crippen LogP contribution in [0.2, 0.25) is 0 Å². The number of hydrogen-bond donors (Lipinski definition) is 2. The molecule has 0 fully saturated rings. The summed E-state index contributed by atoms with van der Waals surface area (Å²) in [5, 5.41) is 3.07. The normalized spacial score (nSPS) is 13.3. The van der Waals surface area contributed by atoms with Crippen LogP contribution in [-0.4, -0.2) is 34.2 Å². The van der Waals surface area contributed by atoms with Crippen LogP contribution in [0.15, 0.2) is 23.1 Å². The van der Waals surface area contributed by atoms with Gasteiger partial charge in [0.1, 0.15) is 10.7 Å². The third-order valence-electron chi connectivity index (χ3n) is 2.79. The molecular formula is C14H23FN2O3S. The summed E-state index contributed by atoms with van der Waals surface area (Å²) < 4.78 is 45.8. The fraction of sp³-hybridized carbons (Fsp3) is 0.571. The minimum Gasteiger partial charge on any atom is -0.380 e. The first-order valence-electron chi connectivity index (χ1n) is 7.00. The molecule has 21 heavy (non-hydrogen) atoms. The Hall–Kier alpha value is -1.02. The van der Waals surface area contributed by atoms with Gasteiger partial charge in [0.2, 0.25) is 10.0 Å². The minimum absolute atomic E-state index is 0.244. The first kappa shape index (κ1) is 18.0. The van der Waals surface area contributed by atoms with E-state index in [0.29, 0.717) is 13.2 Å². The number of sulfonamides is 1. The van der Waals surface area contributed by atoms with Gasteiger partial charge in [-0.2, -0.15) is 0 Å². The van der Waals surface area contributed by atoms with Crippen LogP contribution >= 0.6 is 0 Å². The molecule has 2 N–H and O–H groups in total. The van der Waals surface area contributed by atoms with Gasteiger partial charge in [-0.3, -0.25) is 0 Å². The Morgan fingerprint density at radius 2 is 2.05 bits per heavy atom. The predicted octanol–water partition coefficient (Wildman–Crippen LogP) is 1.64. The molecule has 0 aliphatic carbocycles. The summed E-state index contributed by atoms with van der Waals surface area (Å²) in [5.41, 5.74) is 0.719. The molecule has 0 saturated heterocycles. The molecule has 7 heteroatoms. The summed E-state index contributed by atoms with van der Waals surface area (Å²) in [7, 11) is -3.90. The van der Waals surface area contributed by atoms with Crippen molar-refractivity contribution in [3.8, 4) is 0 Å². The zero-order valence-electron chi connectivity index (χ0n) is 12.6. The lowest BCUT2D eigenvalue weighted by Crippen LogP contribution is -2.36. The van der Waals surface area contributed by atoms with Crippen LogP contribution in [0.4, 0.5) is 4.39 Å². The molecule has 1 rings (SSSR count). The van der Waals surface area contributed by atoms with Crippen LogP contribution in [0.5, 0.6) is 0 Å². The van der Waals surface area contributed by atoms with Gasteiger partial charge in [0.15, 0.2) is 0 Å². The van der Waals surface area contributed by atoms with Crippen molar-refractivity contribution in [3.05, 3.63) is 29.6 Å². The lowest BCUT2D eigenvalue weighted by molar-refractivity contribution is 0.133. The van der Waals surface area contributed by atoms with Crippen molar-refractivity contribution in [2.24, 2.45) is 0 Å². The average Bonchev–Trinajstić information content (AvgIpc) is 2.43. The van der Waals surface area contributed by atoms with Gasteiger partial charge < -0.3 is 10.1 Å². The highest BCUT2D eigenvalue weighted by Crippen LogP contribution is 2.17. The van der Waals surface area contributed by atoms with Crippen molar-refractivity contribution < 1.29 is 17.5 Å². The molecule has 0 bridgehead atoms. The first-order chi connectivity index (χ1) is 9.90. The molecule has 0 heterocycles. The lowest BCUT2D eigenvalue weighted by atomic mass is 10.2. The van der Waals surface area contributed by atoms with Crippen molar-refractivity contribution in [2.45, 2.75) is 38.3 Å². The van der Waals surface area contributed by atoms with Crippen molar-refractivity contribution in [2.75, 3.05) is 19.8 Å². The SMILES string of the molecule is CCNCc1ccc(F)c(S(=O)(=O)NC(C)COCC)c1. The molecule has 1 atom stereocenters. The second kappa shape index (κ2) is 8.43. The highest BCUT2D eigenvalue weighted by molar-refractivity contribution is 7.89. The highest BCUT2D eigenvalue weighted by atomic mass is 32.2. The number of hydrogen-bond acceptors (Lipinski definition) is 4. The molecule has 0 aliphatic heterocycles. The molecular weight excluding hydrogens is 295 g/mol. The Balaban J connectivity index is 2.90. The van der Waals surface area contributed by atoms with E-state index in [1.807, 2.05) is 13.8 Å².